The van der Waals surface area contributed by atoms with Gasteiger partial charge in [-0.3, -0.25) is 0 Å². The second-order valence-electron chi connectivity index (χ2n) is 9.49. The summed E-state index contributed by atoms with van der Waals surface area (Å²) < 4.78 is 0. The third-order valence-electron chi connectivity index (χ3n) is 4.87. The van der Waals surface area contributed by atoms with Crippen molar-refractivity contribution in [3.63, 3.8) is 0 Å². The monoisotopic (exact) mass is 256 g/mol. The smallest absolute Gasteiger partial charge is 0.0597 e. The van der Waals surface area contributed by atoms with E-state index in [0.717, 1.165) is 5.54 Å². The standard InChI is InChI=1S/C16H36Si/c1-13(15(5,6)7)17(11,16(8,9)10)12-14(2,3)4/h13H,12H2,1-11H3/t13?,17-/m0/s1. The predicted octanol–water partition coefficient (Wildman–Crippen LogP) is 6.35. The van der Waals surface area contributed by atoms with E-state index in [1.807, 2.05) is 0 Å². The molecule has 1 unspecified atom stereocenters. The van der Waals surface area contributed by atoms with Gasteiger partial charge in [0.15, 0.2) is 0 Å². The predicted molar refractivity (Wildman–Crippen MR) is 84.5 cm³/mol. The van der Waals surface area contributed by atoms with Crippen molar-refractivity contribution in [2.75, 3.05) is 0 Å². The zero-order valence-electron chi connectivity index (χ0n) is 14.3. The molecule has 0 aliphatic rings. The van der Waals surface area contributed by atoms with Gasteiger partial charge in [0, 0.05) is 0 Å². The fourth-order valence-corrected chi connectivity index (χ4v) is 9.38. The second-order valence-corrected chi connectivity index (χ2v) is 15.0. The number of hydrogen-bond donors (Lipinski definition) is 0. The molecule has 0 aromatic rings. The summed E-state index contributed by atoms with van der Waals surface area (Å²) in [6.07, 6.45) is 0. The van der Waals surface area contributed by atoms with E-state index >= 15 is 0 Å². The maximum absolute atomic E-state index is 2.63. The molecular weight excluding hydrogens is 220 g/mol. The van der Waals surface area contributed by atoms with Crippen LogP contribution < -0.4 is 0 Å². The van der Waals surface area contributed by atoms with E-state index in [1.54, 1.807) is 0 Å². The highest BCUT2D eigenvalue weighted by Gasteiger charge is 2.49. The highest BCUT2D eigenvalue weighted by atomic mass is 28.3. The van der Waals surface area contributed by atoms with Gasteiger partial charge in [-0.05, 0) is 21.4 Å². The molecule has 0 nitrogen and oxygen atoms in total. The molecular formula is C16H36Si. The average Bonchev–Trinajstić information content (AvgIpc) is 1.95. The Morgan fingerprint density at radius 3 is 1.35 bits per heavy atom. The Morgan fingerprint density at radius 1 is 0.824 bits per heavy atom. The van der Waals surface area contributed by atoms with Gasteiger partial charge in [0.2, 0.25) is 0 Å². The summed E-state index contributed by atoms with van der Waals surface area (Å²) >= 11 is 0. The number of hydrogen-bond acceptors (Lipinski definition) is 0. The van der Waals surface area contributed by atoms with Gasteiger partial charge in [0.25, 0.3) is 0 Å². The van der Waals surface area contributed by atoms with E-state index in [4.69, 9.17) is 0 Å². The van der Waals surface area contributed by atoms with E-state index in [1.165, 1.54) is 6.04 Å². The van der Waals surface area contributed by atoms with Crippen LogP contribution in [0.1, 0.15) is 69.2 Å². The van der Waals surface area contributed by atoms with Crippen LogP contribution in [0.3, 0.4) is 0 Å². The van der Waals surface area contributed by atoms with Crippen molar-refractivity contribution >= 4 is 8.07 Å². The molecule has 0 aliphatic carbocycles. The third kappa shape index (κ3) is 4.42. The van der Waals surface area contributed by atoms with Crippen LogP contribution in [0.5, 0.6) is 0 Å². The molecule has 0 fully saturated rings. The molecule has 0 N–H and O–H groups in total. The van der Waals surface area contributed by atoms with Crippen LogP contribution in [-0.2, 0) is 0 Å². The first kappa shape index (κ1) is 17.2. The normalized spacial score (nSPS) is 19.9. The Balaban J connectivity index is 5.43. The Bertz CT molecular complexity index is 246. The maximum Gasteiger partial charge on any atom is 0.0597 e. The molecule has 0 heterocycles. The number of rotatable bonds is 2. The Morgan fingerprint density at radius 2 is 1.18 bits per heavy atom. The lowest BCUT2D eigenvalue weighted by Crippen LogP contribution is -2.50. The maximum atomic E-state index is 2.63. The quantitative estimate of drug-likeness (QED) is 0.505. The van der Waals surface area contributed by atoms with Crippen molar-refractivity contribution in [1.82, 2.24) is 0 Å². The van der Waals surface area contributed by atoms with E-state index < -0.39 is 8.07 Å². The minimum absolute atomic E-state index is 0.430. The first-order valence-corrected chi connectivity index (χ1v) is 9.90. The molecule has 0 spiro atoms. The second kappa shape index (κ2) is 4.72. The lowest BCUT2D eigenvalue weighted by Gasteiger charge is -2.52. The molecule has 0 saturated carbocycles. The largest absolute Gasteiger partial charge is 0.0685 e. The summed E-state index contributed by atoms with van der Waals surface area (Å²) in [6, 6.07) is 1.42. The molecule has 1 heteroatoms. The van der Waals surface area contributed by atoms with Crippen molar-refractivity contribution in [2.45, 2.75) is 92.4 Å². The van der Waals surface area contributed by atoms with E-state index in [0.29, 0.717) is 15.9 Å². The van der Waals surface area contributed by atoms with Crippen molar-refractivity contribution in [1.29, 1.82) is 0 Å². The molecule has 0 aliphatic heterocycles. The summed E-state index contributed by atoms with van der Waals surface area (Å²) in [5, 5.41) is 0.479. The molecule has 0 aromatic heterocycles. The van der Waals surface area contributed by atoms with E-state index in [-0.39, 0.29) is 0 Å². The lowest BCUT2D eigenvalue weighted by molar-refractivity contribution is 0.364. The molecule has 0 aromatic carbocycles. The molecule has 0 radical (unpaired) electrons. The molecule has 0 amide bonds. The third-order valence-corrected chi connectivity index (χ3v) is 12.9. The summed E-state index contributed by atoms with van der Waals surface area (Å²) in [7, 11) is -1.33. The Kier molecular flexibility index (Phi) is 4.78. The van der Waals surface area contributed by atoms with Crippen LogP contribution in [0, 0.1) is 10.8 Å². The van der Waals surface area contributed by atoms with Gasteiger partial charge in [-0.1, -0.05) is 81.8 Å². The summed E-state index contributed by atoms with van der Waals surface area (Å²) in [5.74, 6) is 0. The van der Waals surface area contributed by atoms with Gasteiger partial charge >= 0.3 is 0 Å². The van der Waals surface area contributed by atoms with Crippen molar-refractivity contribution in [2.24, 2.45) is 10.8 Å². The first-order valence-electron chi connectivity index (χ1n) is 7.11. The topological polar surface area (TPSA) is 0 Å². The Hall–Kier alpha value is 0.217. The molecule has 0 bridgehead atoms. The molecule has 0 rings (SSSR count). The van der Waals surface area contributed by atoms with Crippen LogP contribution in [0.25, 0.3) is 0 Å². The molecule has 104 valence electrons. The molecule has 0 saturated heterocycles. The summed E-state index contributed by atoms with van der Waals surface area (Å²) in [4.78, 5) is 0. The van der Waals surface area contributed by atoms with Crippen molar-refractivity contribution in [3.05, 3.63) is 0 Å². The van der Waals surface area contributed by atoms with Crippen LogP contribution >= 0.6 is 0 Å². The zero-order valence-corrected chi connectivity index (χ0v) is 15.3. The van der Waals surface area contributed by atoms with Crippen LogP contribution in [0.4, 0.5) is 0 Å². The van der Waals surface area contributed by atoms with Crippen LogP contribution in [0.15, 0.2) is 0 Å². The van der Waals surface area contributed by atoms with Crippen LogP contribution in [-0.4, -0.2) is 8.07 Å². The van der Waals surface area contributed by atoms with Gasteiger partial charge in [-0.15, -0.1) is 0 Å². The fourth-order valence-electron chi connectivity index (χ4n) is 3.13. The summed E-state index contributed by atoms with van der Waals surface area (Å²) in [5.41, 5.74) is 1.72. The minimum atomic E-state index is -1.33. The highest BCUT2D eigenvalue weighted by Crippen LogP contribution is 2.54. The zero-order chi connectivity index (χ0) is 14.3. The highest BCUT2D eigenvalue weighted by molar-refractivity contribution is 6.82. The van der Waals surface area contributed by atoms with E-state index in [9.17, 15) is 0 Å². The lowest BCUT2D eigenvalue weighted by atomic mass is 9.93. The molecule has 2 atom stereocenters. The van der Waals surface area contributed by atoms with Gasteiger partial charge in [0.1, 0.15) is 0 Å². The van der Waals surface area contributed by atoms with Gasteiger partial charge < -0.3 is 0 Å². The fraction of sp³-hybridized carbons (Fsp3) is 1.00. The SMILES string of the molecule is CC(C(C)(C)C)[Si@](C)(CC(C)(C)C)C(C)(C)C. The summed E-state index contributed by atoms with van der Waals surface area (Å²) in [6.45, 7) is 27.0. The molecule has 17 heavy (non-hydrogen) atoms. The minimum Gasteiger partial charge on any atom is -0.0685 e. The average molecular weight is 257 g/mol. The van der Waals surface area contributed by atoms with E-state index in [2.05, 4.69) is 75.8 Å². The first-order chi connectivity index (χ1) is 7.11. The van der Waals surface area contributed by atoms with Crippen LogP contribution in [0.2, 0.25) is 23.2 Å². The van der Waals surface area contributed by atoms with Gasteiger partial charge in [0.05, 0.1) is 8.07 Å². The van der Waals surface area contributed by atoms with Gasteiger partial charge in [-0.25, -0.2) is 0 Å². The Labute approximate surface area is 112 Å². The van der Waals surface area contributed by atoms with Crippen molar-refractivity contribution < 1.29 is 0 Å². The van der Waals surface area contributed by atoms with Crippen molar-refractivity contribution in [3.8, 4) is 0 Å². The van der Waals surface area contributed by atoms with Gasteiger partial charge in [-0.2, -0.15) is 0 Å².